The van der Waals surface area contributed by atoms with Gasteiger partial charge in [-0.05, 0) is 63.9 Å². The number of hydrogen-bond acceptors (Lipinski definition) is 4. The average Bonchev–Trinajstić information content (AvgIpc) is 2.94. The third kappa shape index (κ3) is 4.12. The summed E-state index contributed by atoms with van der Waals surface area (Å²) < 4.78 is 6.57. The fourth-order valence-corrected chi connectivity index (χ4v) is 3.06. The van der Waals surface area contributed by atoms with Crippen LogP contribution in [0.5, 0.6) is 0 Å². The molecule has 1 aromatic carbocycles. The molecule has 1 heterocycles. The first-order chi connectivity index (χ1) is 12.4. The number of methoxy groups -OCH3 is 1. The van der Waals surface area contributed by atoms with E-state index in [1.54, 1.807) is 4.90 Å². The number of hydrogen-bond donors (Lipinski definition) is 0. The first-order valence-corrected chi connectivity index (χ1v) is 8.94. The van der Waals surface area contributed by atoms with Crippen LogP contribution in [0.4, 0.5) is 0 Å². The zero-order valence-corrected chi connectivity index (χ0v) is 16.2. The van der Waals surface area contributed by atoms with Gasteiger partial charge in [-0.15, -0.1) is 0 Å². The van der Waals surface area contributed by atoms with E-state index in [0.29, 0.717) is 31.5 Å². The Labute approximate surface area is 154 Å². The molecule has 0 aliphatic heterocycles. The van der Waals surface area contributed by atoms with Crippen LogP contribution in [-0.2, 0) is 16.0 Å². The highest BCUT2D eigenvalue weighted by molar-refractivity contribution is 5.94. The lowest BCUT2D eigenvalue weighted by molar-refractivity contribution is -0.140. The summed E-state index contributed by atoms with van der Waals surface area (Å²) in [6, 6.07) is 7.47. The van der Waals surface area contributed by atoms with Crippen LogP contribution in [0, 0.1) is 13.8 Å². The van der Waals surface area contributed by atoms with Gasteiger partial charge in [0, 0.05) is 30.8 Å². The minimum atomic E-state index is -0.226. The number of aromatic nitrogens is 2. The van der Waals surface area contributed by atoms with E-state index < -0.39 is 0 Å². The van der Waals surface area contributed by atoms with Crippen LogP contribution in [0.2, 0.25) is 0 Å². The molecule has 0 fully saturated rings. The molecule has 6 nitrogen and oxygen atoms in total. The first kappa shape index (κ1) is 19.7. The third-order valence-electron chi connectivity index (χ3n) is 4.66. The molecule has 0 N–H and O–H groups in total. The molecule has 1 amide bonds. The van der Waals surface area contributed by atoms with Crippen LogP contribution >= 0.6 is 0 Å². The molecule has 6 heteroatoms. The van der Waals surface area contributed by atoms with Crippen molar-refractivity contribution in [2.75, 3.05) is 20.2 Å². The van der Waals surface area contributed by atoms with Gasteiger partial charge in [0.1, 0.15) is 0 Å². The van der Waals surface area contributed by atoms with E-state index >= 15 is 0 Å². The summed E-state index contributed by atoms with van der Waals surface area (Å²) in [5.74, 6) is -0.190. The summed E-state index contributed by atoms with van der Waals surface area (Å²) in [5.41, 5.74) is 4.51. The first-order valence-electron chi connectivity index (χ1n) is 8.94. The number of nitrogens with zero attached hydrogens (tertiary/aromatic N) is 3. The summed E-state index contributed by atoms with van der Waals surface area (Å²) in [5, 5.41) is 4.60. The molecular formula is C20H27N3O3. The Morgan fingerprint density at radius 1 is 1.12 bits per heavy atom. The zero-order chi connectivity index (χ0) is 19.3. The molecule has 0 atom stereocenters. The Hall–Kier alpha value is -2.63. The highest BCUT2D eigenvalue weighted by Gasteiger charge is 2.16. The maximum atomic E-state index is 12.4. The average molecular weight is 357 g/mol. The van der Waals surface area contributed by atoms with Gasteiger partial charge >= 0.3 is 5.97 Å². The lowest BCUT2D eigenvalue weighted by Gasteiger charge is -2.18. The van der Waals surface area contributed by atoms with Crippen molar-refractivity contribution in [2.45, 2.75) is 40.5 Å². The minimum absolute atomic E-state index is 0.0358. The maximum absolute atomic E-state index is 12.4. The highest BCUT2D eigenvalue weighted by Crippen LogP contribution is 2.20. The second kappa shape index (κ2) is 8.65. The third-order valence-corrected chi connectivity index (χ3v) is 4.66. The molecule has 2 rings (SSSR count). The van der Waals surface area contributed by atoms with Crippen molar-refractivity contribution in [2.24, 2.45) is 0 Å². The number of carbonyl (C=O) groups excluding carboxylic acids is 2. The van der Waals surface area contributed by atoms with Gasteiger partial charge in [0.05, 0.1) is 18.5 Å². The lowest BCUT2D eigenvalue weighted by Crippen LogP contribution is -2.30. The number of rotatable bonds is 7. The van der Waals surface area contributed by atoms with Gasteiger partial charge in [-0.2, -0.15) is 5.10 Å². The fraction of sp³-hybridized carbons (Fsp3) is 0.450. The minimum Gasteiger partial charge on any atom is -0.469 e. The van der Waals surface area contributed by atoms with Gasteiger partial charge in [0.15, 0.2) is 0 Å². The SMILES string of the molecule is CCN(CC)C(=O)c1ccc(-n2nc(C)c(CCC(=O)OC)c2C)cc1. The second-order valence-corrected chi connectivity index (χ2v) is 6.16. The van der Waals surface area contributed by atoms with E-state index in [4.69, 9.17) is 4.74 Å². The number of ether oxygens (including phenoxy) is 1. The van der Waals surface area contributed by atoms with Crippen LogP contribution in [0.3, 0.4) is 0 Å². The van der Waals surface area contributed by atoms with Crippen LogP contribution in [0.15, 0.2) is 24.3 Å². The standard InChI is InChI=1S/C20H27N3O3/c1-6-22(7-2)20(25)16-8-10-17(11-9-16)23-15(4)18(14(3)21-23)12-13-19(24)26-5/h8-11H,6-7,12-13H2,1-5H3. The molecule has 0 unspecified atom stereocenters. The molecule has 26 heavy (non-hydrogen) atoms. The Morgan fingerprint density at radius 2 is 1.73 bits per heavy atom. The summed E-state index contributed by atoms with van der Waals surface area (Å²) in [6.45, 7) is 9.26. The number of esters is 1. The van der Waals surface area contributed by atoms with Crippen molar-refractivity contribution in [1.82, 2.24) is 14.7 Å². The van der Waals surface area contributed by atoms with Crippen molar-refractivity contribution in [3.05, 3.63) is 46.8 Å². The van der Waals surface area contributed by atoms with Crippen molar-refractivity contribution in [1.29, 1.82) is 0 Å². The molecule has 0 saturated heterocycles. The van der Waals surface area contributed by atoms with E-state index in [9.17, 15) is 9.59 Å². The van der Waals surface area contributed by atoms with Crippen LogP contribution in [0.25, 0.3) is 5.69 Å². The molecule has 140 valence electrons. The number of amides is 1. The Kier molecular flexibility index (Phi) is 6.55. The van der Waals surface area contributed by atoms with Crippen LogP contribution in [-0.4, -0.2) is 46.8 Å². The maximum Gasteiger partial charge on any atom is 0.305 e. The largest absolute Gasteiger partial charge is 0.469 e. The molecule has 0 radical (unpaired) electrons. The van der Waals surface area contributed by atoms with Crippen molar-refractivity contribution in [3.8, 4) is 5.69 Å². The van der Waals surface area contributed by atoms with Gasteiger partial charge in [0.2, 0.25) is 0 Å². The van der Waals surface area contributed by atoms with Crippen molar-refractivity contribution < 1.29 is 14.3 Å². The van der Waals surface area contributed by atoms with Gasteiger partial charge in [-0.3, -0.25) is 9.59 Å². The molecule has 0 spiro atoms. The van der Waals surface area contributed by atoms with Gasteiger partial charge in [0.25, 0.3) is 5.91 Å². The Morgan fingerprint density at radius 3 is 2.27 bits per heavy atom. The molecule has 1 aromatic heterocycles. The number of carbonyl (C=O) groups is 2. The summed E-state index contributed by atoms with van der Waals surface area (Å²) in [4.78, 5) is 25.6. The lowest BCUT2D eigenvalue weighted by atomic mass is 10.1. The zero-order valence-electron chi connectivity index (χ0n) is 16.2. The smallest absolute Gasteiger partial charge is 0.305 e. The fourth-order valence-electron chi connectivity index (χ4n) is 3.06. The predicted molar refractivity (Wildman–Crippen MR) is 101 cm³/mol. The Balaban J connectivity index is 2.24. The molecule has 0 saturated carbocycles. The van der Waals surface area contributed by atoms with E-state index in [2.05, 4.69) is 5.10 Å². The number of aryl methyl sites for hydroxylation is 1. The van der Waals surface area contributed by atoms with E-state index in [1.807, 2.05) is 56.6 Å². The highest BCUT2D eigenvalue weighted by atomic mass is 16.5. The molecule has 2 aromatic rings. The van der Waals surface area contributed by atoms with Crippen LogP contribution in [0.1, 0.15) is 47.6 Å². The molecular weight excluding hydrogens is 330 g/mol. The van der Waals surface area contributed by atoms with E-state index in [0.717, 1.165) is 22.6 Å². The topological polar surface area (TPSA) is 64.4 Å². The second-order valence-electron chi connectivity index (χ2n) is 6.16. The van der Waals surface area contributed by atoms with E-state index in [-0.39, 0.29) is 11.9 Å². The monoisotopic (exact) mass is 357 g/mol. The quantitative estimate of drug-likeness (QED) is 0.715. The van der Waals surface area contributed by atoms with Crippen molar-refractivity contribution in [3.63, 3.8) is 0 Å². The normalized spacial score (nSPS) is 10.7. The molecule has 0 aliphatic carbocycles. The Bertz CT molecular complexity index is 774. The van der Waals surface area contributed by atoms with Gasteiger partial charge < -0.3 is 9.64 Å². The summed E-state index contributed by atoms with van der Waals surface area (Å²) >= 11 is 0. The van der Waals surface area contributed by atoms with Crippen molar-refractivity contribution >= 4 is 11.9 Å². The molecule has 0 bridgehead atoms. The summed E-state index contributed by atoms with van der Waals surface area (Å²) in [6.07, 6.45) is 0.935. The molecule has 0 aliphatic rings. The predicted octanol–water partition coefficient (Wildman–Crippen LogP) is 3.08. The van der Waals surface area contributed by atoms with Gasteiger partial charge in [-0.25, -0.2) is 4.68 Å². The van der Waals surface area contributed by atoms with Crippen LogP contribution < -0.4 is 0 Å². The van der Waals surface area contributed by atoms with Gasteiger partial charge in [-0.1, -0.05) is 0 Å². The van der Waals surface area contributed by atoms with E-state index in [1.165, 1.54) is 7.11 Å². The summed E-state index contributed by atoms with van der Waals surface area (Å²) in [7, 11) is 1.40. The number of benzene rings is 1.